The van der Waals surface area contributed by atoms with E-state index in [2.05, 4.69) is 4.52 Å². The van der Waals surface area contributed by atoms with Gasteiger partial charge in [-0.1, -0.05) is 0 Å². The molecule has 0 fully saturated rings. The van der Waals surface area contributed by atoms with Crippen LogP contribution in [0.1, 0.15) is 0 Å². The third kappa shape index (κ3) is 10.3. The Hall–Kier alpha value is 0.287. The summed E-state index contributed by atoms with van der Waals surface area (Å²) in [6, 6.07) is 0.291. The molecule has 11 heavy (non-hydrogen) atoms. The summed E-state index contributed by atoms with van der Waals surface area (Å²) in [4.78, 5) is 27.3. The van der Waals surface area contributed by atoms with Crippen LogP contribution < -0.4 is 4.89 Å². The highest BCUT2D eigenvalue weighted by Crippen LogP contribution is 2.30. The second-order valence-corrected chi connectivity index (χ2v) is 8.18. The van der Waals surface area contributed by atoms with Crippen molar-refractivity contribution >= 4 is 16.1 Å². The molecule has 1 atom stereocenters. The highest BCUT2D eigenvalue weighted by atomic mass is 31.2. The Labute approximate surface area is 66.4 Å². The first kappa shape index (κ1) is 11.3. The summed E-state index contributed by atoms with van der Waals surface area (Å²) in [6.45, 7) is 3.17. The molecule has 0 aromatic heterocycles. The minimum Gasteiger partial charge on any atom is -0.756 e. The lowest BCUT2D eigenvalue weighted by Crippen LogP contribution is -2.26. The van der Waals surface area contributed by atoms with Crippen LogP contribution in [0.15, 0.2) is 0 Å². The van der Waals surface area contributed by atoms with E-state index in [-0.39, 0.29) is 6.61 Å². The topological polar surface area (TPSA) is 89.8 Å². The lowest BCUT2D eigenvalue weighted by atomic mass is 10.9. The molecule has 0 amide bonds. The van der Waals surface area contributed by atoms with Crippen molar-refractivity contribution < 1.29 is 23.7 Å². The molecule has 7 heteroatoms. The average molecular weight is 199 g/mol. The Balaban J connectivity index is 3.52. The van der Waals surface area contributed by atoms with E-state index in [4.69, 9.17) is 4.89 Å². The fraction of sp³-hybridized carbons (Fsp3) is 1.00. The van der Waals surface area contributed by atoms with Crippen molar-refractivity contribution in [2.45, 2.75) is 19.1 Å². The van der Waals surface area contributed by atoms with E-state index in [1.165, 1.54) is 0 Å². The summed E-state index contributed by atoms with van der Waals surface area (Å²) < 4.78 is 14.0. The van der Waals surface area contributed by atoms with Crippen LogP contribution in [0.25, 0.3) is 0 Å². The van der Waals surface area contributed by atoms with Gasteiger partial charge in [-0.3, -0.25) is 4.57 Å². The van der Waals surface area contributed by atoms with Gasteiger partial charge < -0.3 is 19.1 Å². The molecule has 0 heterocycles. The molecule has 0 saturated heterocycles. The van der Waals surface area contributed by atoms with E-state index in [0.29, 0.717) is 6.04 Å². The van der Waals surface area contributed by atoms with E-state index < -0.39 is 16.1 Å². The number of phosphoric ester groups is 1. The maximum Gasteiger partial charge on any atom is 0.265 e. The highest BCUT2D eigenvalue weighted by molar-refractivity contribution is 7.44. The van der Waals surface area contributed by atoms with Crippen molar-refractivity contribution in [2.75, 3.05) is 6.61 Å². The summed E-state index contributed by atoms with van der Waals surface area (Å²) >= 11 is 0. The standard InChI is InChI=1S/C4H13O5PSi/c1-11(2,8)4-3-9-10(5,6)7/h8H,3-4H2,1-2H3,(H2,5,6,7)/p-1. The molecule has 0 spiro atoms. The van der Waals surface area contributed by atoms with Gasteiger partial charge in [0.05, 0.1) is 6.61 Å². The molecular weight excluding hydrogens is 187 g/mol. The van der Waals surface area contributed by atoms with Crippen LogP contribution in [0, 0.1) is 0 Å². The molecule has 68 valence electrons. The van der Waals surface area contributed by atoms with Gasteiger partial charge in [-0.15, -0.1) is 0 Å². The van der Waals surface area contributed by atoms with Crippen molar-refractivity contribution in [3.8, 4) is 0 Å². The molecule has 5 nitrogen and oxygen atoms in total. The number of hydrogen-bond donors (Lipinski definition) is 2. The Kier molecular flexibility index (Phi) is 3.90. The van der Waals surface area contributed by atoms with Crippen molar-refractivity contribution in [2.24, 2.45) is 0 Å². The molecule has 0 radical (unpaired) electrons. The summed E-state index contributed by atoms with van der Waals surface area (Å²) in [7, 11) is -6.84. The highest BCUT2D eigenvalue weighted by Gasteiger charge is 2.17. The first-order valence-electron chi connectivity index (χ1n) is 3.11. The third-order valence-corrected chi connectivity index (χ3v) is 2.90. The third-order valence-electron chi connectivity index (χ3n) is 0.968. The van der Waals surface area contributed by atoms with Gasteiger partial charge in [-0.25, -0.2) is 0 Å². The lowest BCUT2D eigenvalue weighted by molar-refractivity contribution is -0.219. The Morgan fingerprint density at radius 3 is 2.36 bits per heavy atom. The van der Waals surface area contributed by atoms with Crippen LogP contribution in [-0.4, -0.2) is 24.6 Å². The maximum absolute atomic E-state index is 10.0. The molecule has 0 saturated carbocycles. The Morgan fingerprint density at radius 1 is 1.64 bits per heavy atom. The van der Waals surface area contributed by atoms with Crippen molar-refractivity contribution in [3.63, 3.8) is 0 Å². The minimum atomic E-state index is -4.59. The zero-order chi connectivity index (χ0) is 9.12. The lowest BCUT2D eigenvalue weighted by Gasteiger charge is -2.18. The number of rotatable bonds is 4. The molecule has 0 bridgehead atoms. The largest absolute Gasteiger partial charge is 0.756 e. The second-order valence-electron chi connectivity index (χ2n) is 2.86. The van der Waals surface area contributed by atoms with Crippen LogP contribution >= 0.6 is 7.82 Å². The molecule has 0 aromatic carbocycles. The minimum absolute atomic E-state index is 0.146. The van der Waals surface area contributed by atoms with Crippen LogP contribution in [0.2, 0.25) is 19.1 Å². The molecule has 0 aromatic rings. The van der Waals surface area contributed by atoms with Gasteiger partial charge in [-0.05, 0) is 19.1 Å². The first-order valence-corrected chi connectivity index (χ1v) is 7.76. The smallest absolute Gasteiger partial charge is 0.265 e. The summed E-state index contributed by atoms with van der Waals surface area (Å²) in [5.74, 6) is 0. The number of phosphoric acid groups is 1. The fourth-order valence-corrected chi connectivity index (χ4v) is 1.51. The zero-order valence-corrected chi connectivity index (χ0v) is 8.38. The Bertz CT molecular complexity index is 158. The number of hydrogen-bond acceptors (Lipinski definition) is 4. The van der Waals surface area contributed by atoms with E-state index in [0.717, 1.165) is 0 Å². The molecule has 0 aliphatic heterocycles. The molecular formula is C4H12O5PSi-. The molecule has 1 unspecified atom stereocenters. The van der Waals surface area contributed by atoms with Gasteiger partial charge in [0.1, 0.15) is 0 Å². The summed E-state index contributed by atoms with van der Waals surface area (Å²) in [5, 5.41) is 0. The van der Waals surface area contributed by atoms with Crippen molar-refractivity contribution in [1.82, 2.24) is 0 Å². The van der Waals surface area contributed by atoms with Crippen LogP contribution in [0.5, 0.6) is 0 Å². The van der Waals surface area contributed by atoms with Gasteiger partial charge in [0.25, 0.3) is 7.82 Å². The molecule has 0 rings (SSSR count). The van der Waals surface area contributed by atoms with Gasteiger partial charge >= 0.3 is 0 Å². The fourth-order valence-electron chi connectivity index (χ4n) is 0.411. The normalized spacial score (nSPS) is 17.9. The van der Waals surface area contributed by atoms with Gasteiger partial charge in [-0.2, -0.15) is 0 Å². The average Bonchev–Trinajstić information content (AvgIpc) is 1.55. The predicted octanol–water partition coefficient (Wildman–Crippen LogP) is -0.339. The summed E-state index contributed by atoms with van der Waals surface area (Å²) in [5.41, 5.74) is 0. The van der Waals surface area contributed by atoms with Crippen molar-refractivity contribution in [1.29, 1.82) is 0 Å². The van der Waals surface area contributed by atoms with Crippen LogP contribution in [0.4, 0.5) is 0 Å². The maximum atomic E-state index is 10.0. The molecule has 0 aliphatic carbocycles. The predicted molar refractivity (Wildman–Crippen MR) is 40.3 cm³/mol. The van der Waals surface area contributed by atoms with Gasteiger partial charge in [0.15, 0.2) is 8.32 Å². The summed E-state index contributed by atoms with van der Waals surface area (Å²) in [6.07, 6.45) is 0. The van der Waals surface area contributed by atoms with Crippen LogP contribution in [0.3, 0.4) is 0 Å². The van der Waals surface area contributed by atoms with Crippen LogP contribution in [-0.2, 0) is 9.09 Å². The monoisotopic (exact) mass is 199 g/mol. The SMILES string of the molecule is C[Si](C)(O)CCOP(=O)([O-])O. The zero-order valence-electron chi connectivity index (χ0n) is 6.48. The molecule has 0 aliphatic rings. The van der Waals surface area contributed by atoms with E-state index in [1.807, 2.05) is 0 Å². The van der Waals surface area contributed by atoms with E-state index in [1.54, 1.807) is 13.1 Å². The quantitative estimate of drug-likeness (QED) is 0.477. The van der Waals surface area contributed by atoms with E-state index >= 15 is 0 Å². The van der Waals surface area contributed by atoms with Gasteiger partial charge in [0.2, 0.25) is 0 Å². The van der Waals surface area contributed by atoms with E-state index in [9.17, 15) is 14.3 Å². The Morgan fingerprint density at radius 2 is 2.09 bits per heavy atom. The second kappa shape index (κ2) is 3.80. The first-order chi connectivity index (χ1) is 4.71. The molecule has 2 N–H and O–H groups in total. The van der Waals surface area contributed by atoms with Crippen molar-refractivity contribution in [3.05, 3.63) is 0 Å². The van der Waals surface area contributed by atoms with Gasteiger partial charge in [0, 0.05) is 0 Å².